The van der Waals surface area contributed by atoms with Crippen molar-refractivity contribution in [1.82, 2.24) is 10.2 Å². The third-order valence-corrected chi connectivity index (χ3v) is 4.20. The molecule has 0 unspecified atom stereocenters. The van der Waals surface area contributed by atoms with E-state index in [4.69, 9.17) is 5.73 Å². The summed E-state index contributed by atoms with van der Waals surface area (Å²) in [5.41, 5.74) is 9.51. The molecular formula is C12H18IN3. The van der Waals surface area contributed by atoms with Gasteiger partial charge in [0.05, 0.1) is 0 Å². The normalized spacial score (nSPS) is 17.6. The first-order chi connectivity index (χ1) is 7.66. The van der Waals surface area contributed by atoms with E-state index in [1.807, 2.05) is 6.07 Å². The molecule has 2 rings (SSSR count). The summed E-state index contributed by atoms with van der Waals surface area (Å²) in [6.45, 7) is 7.65. The first kappa shape index (κ1) is 12.1. The van der Waals surface area contributed by atoms with Crippen molar-refractivity contribution in [2.45, 2.75) is 13.5 Å². The number of piperazine rings is 1. The number of nitrogens with one attached hydrogen (secondary N) is 1. The summed E-state index contributed by atoms with van der Waals surface area (Å²) in [4.78, 5) is 2.48. The molecule has 0 aliphatic carbocycles. The van der Waals surface area contributed by atoms with E-state index in [2.05, 4.69) is 45.8 Å². The summed E-state index contributed by atoms with van der Waals surface area (Å²) in [5.74, 6) is 0. The summed E-state index contributed by atoms with van der Waals surface area (Å²) in [6, 6.07) is 4.15. The highest BCUT2D eigenvalue weighted by molar-refractivity contribution is 14.1. The molecule has 1 fully saturated rings. The van der Waals surface area contributed by atoms with Crippen molar-refractivity contribution in [3.8, 4) is 0 Å². The van der Waals surface area contributed by atoms with E-state index in [1.54, 1.807) is 0 Å². The molecule has 88 valence electrons. The Hall–Kier alpha value is -0.330. The van der Waals surface area contributed by atoms with Gasteiger partial charge < -0.3 is 11.1 Å². The monoisotopic (exact) mass is 331 g/mol. The zero-order valence-corrected chi connectivity index (χ0v) is 11.8. The molecule has 0 atom stereocenters. The molecule has 4 heteroatoms. The van der Waals surface area contributed by atoms with Gasteiger partial charge >= 0.3 is 0 Å². The molecule has 0 spiro atoms. The Morgan fingerprint density at radius 1 is 1.38 bits per heavy atom. The van der Waals surface area contributed by atoms with Gasteiger partial charge in [0.1, 0.15) is 0 Å². The minimum Gasteiger partial charge on any atom is -0.399 e. The molecule has 1 aromatic carbocycles. The van der Waals surface area contributed by atoms with E-state index < -0.39 is 0 Å². The second-order valence-electron chi connectivity index (χ2n) is 4.31. The number of nitrogen functional groups attached to an aromatic ring is 1. The standard InChI is InChI=1S/C12H18IN3/c1-9-10(6-11(14)7-12(9)13)8-16-4-2-15-3-5-16/h6-7,15H,2-5,8,14H2,1H3. The van der Waals surface area contributed by atoms with Crippen LogP contribution < -0.4 is 11.1 Å². The van der Waals surface area contributed by atoms with Gasteiger partial charge in [0.15, 0.2) is 0 Å². The van der Waals surface area contributed by atoms with Crippen LogP contribution in [0.3, 0.4) is 0 Å². The van der Waals surface area contributed by atoms with Gasteiger partial charge in [-0.2, -0.15) is 0 Å². The molecule has 0 bridgehead atoms. The Labute approximate surface area is 111 Å². The molecular weight excluding hydrogens is 313 g/mol. The maximum Gasteiger partial charge on any atom is 0.0328 e. The molecule has 16 heavy (non-hydrogen) atoms. The Balaban J connectivity index is 2.13. The fourth-order valence-corrected chi connectivity index (χ4v) is 2.74. The predicted molar refractivity (Wildman–Crippen MR) is 76.5 cm³/mol. The number of benzene rings is 1. The van der Waals surface area contributed by atoms with E-state index in [1.165, 1.54) is 14.7 Å². The summed E-state index contributed by atoms with van der Waals surface area (Å²) in [5, 5.41) is 3.37. The number of hydrogen-bond donors (Lipinski definition) is 2. The maximum atomic E-state index is 5.90. The number of nitrogens with zero attached hydrogens (tertiary/aromatic N) is 1. The number of anilines is 1. The summed E-state index contributed by atoms with van der Waals surface area (Å²) >= 11 is 2.36. The molecule has 1 aliphatic rings. The van der Waals surface area contributed by atoms with Gasteiger partial charge in [0.2, 0.25) is 0 Å². The molecule has 0 amide bonds. The second-order valence-corrected chi connectivity index (χ2v) is 5.48. The lowest BCUT2D eigenvalue weighted by Gasteiger charge is -2.28. The molecule has 1 saturated heterocycles. The van der Waals surface area contributed by atoms with Crippen molar-refractivity contribution in [3.63, 3.8) is 0 Å². The van der Waals surface area contributed by atoms with Crippen LogP contribution in [0.4, 0.5) is 5.69 Å². The number of nitrogens with two attached hydrogens (primary N) is 1. The van der Waals surface area contributed by atoms with Crippen molar-refractivity contribution in [2.24, 2.45) is 0 Å². The fourth-order valence-electron chi connectivity index (χ4n) is 2.03. The minimum atomic E-state index is 0.875. The van der Waals surface area contributed by atoms with Crippen molar-refractivity contribution in [2.75, 3.05) is 31.9 Å². The van der Waals surface area contributed by atoms with Gasteiger partial charge in [-0.15, -0.1) is 0 Å². The van der Waals surface area contributed by atoms with Gasteiger partial charge in [0.25, 0.3) is 0 Å². The fraction of sp³-hybridized carbons (Fsp3) is 0.500. The van der Waals surface area contributed by atoms with Crippen LogP contribution in [0, 0.1) is 10.5 Å². The van der Waals surface area contributed by atoms with Gasteiger partial charge in [-0.1, -0.05) is 0 Å². The predicted octanol–water partition coefficient (Wildman–Crippen LogP) is 1.59. The molecule has 3 N–H and O–H groups in total. The molecule has 0 radical (unpaired) electrons. The number of rotatable bonds is 2. The Bertz CT molecular complexity index is 373. The average Bonchev–Trinajstić information content (AvgIpc) is 2.27. The van der Waals surface area contributed by atoms with Gasteiger partial charge in [0, 0.05) is 42.0 Å². The lowest BCUT2D eigenvalue weighted by atomic mass is 10.1. The van der Waals surface area contributed by atoms with Crippen LogP contribution in [0.1, 0.15) is 11.1 Å². The lowest BCUT2D eigenvalue weighted by molar-refractivity contribution is 0.233. The quantitative estimate of drug-likeness (QED) is 0.639. The summed E-state index contributed by atoms with van der Waals surface area (Å²) in [7, 11) is 0. The van der Waals surface area contributed by atoms with Crippen molar-refractivity contribution in [1.29, 1.82) is 0 Å². The molecule has 0 aromatic heterocycles. The van der Waals surface area contributed by atoms with E-state index in [0.717, 1.165) is 38.4 Å². The van der Waals surface area contributed by atoms with E-state index >= 15 is 0 Å². The smallest absolute Gasteiger partial charge is 0.0328 e. The third kappa shape index (κ3) is 2.87. The van der Waals surface area contributed by atoms with Crippen LogP contribution in [0.5, 0.6) is 0 Å². The van der Waals surface area contributed by atoms with E-state index in [-0.39, 0.29) is 0 Å². The molecule has 1 heterocycles. The zero-order chi connectivity index (χ0) is 11.5. The van der Waals surface area contributed by atoms with E-state index in [0.29, 0.717) is 0 Å². The zero-order valence-electron chi connectivity index (χ0n) is 9.59. The van der Waals surface area contributed by atoms with Gasteiger partial charge in [-0.05, 0) is 52.8 Å². The molecule has 1 aromatic rings. The highest BCUT2D eigenvalue weighted by atomic mass is 127. The minimum absolute atomic E-state index is 0.875. The average molecular weight is 331 g/mol. The Morgan fingerprint density at radius 3 is 2.75 bits per heavy atom. The van der Waals surface area contributed by atoms with Crippen LogP contribution in [-0.2, 0) is 6.54 Å². The van der Waals surface area contributed by atoms with Crippen LogP contribution in [0.2, 0.25) is 0 Å². The van der Waals surface area contributed by atoms with Gasteiger partial charge in [-0.25, -0.2) is 0 Å². The second kappa shape index (κ2) is 5.33. The summed E-state index contributed by atoms with van der Waals surface area (Å²) in [6.07, 6.45) is 0. The van der Waals surface area contributed by atoms with Crippen molar-refractivity contribution >= 4 is 28.3 Å². The van der Waals surface area contributed by atoms with E-state index in [9.17, 15) is 0 Å². The SMILES string of the molecule is Cc1c(I)cc(N)cc1CN1CCNCC1. The lowest BCUT2D eigenvalue weighted by Crippen LogP contribution is -2.43. The largest absolute Gasteiger partial charge is 0.399 e. The van der Waals surface area contributed by atoms with Crippen molar-refractivity contribution < 1.29 is 0 Å². The van der Waals surface area contributed by atoms with Crippen LogP contribution in [0.25, 0.3) is 0 Å². The van der Waals surface area contributed by atoms with Crippen molar-refractivity contribution in [3.05, 3.63) is 26.8 Å². The number of halogens is 1. The maximum absolute atomic E-state index is 5.90. The Morgan fingerprint density at radius 2 is 2.06 bits per heavy atom. The highest BCUT2D eigenvalue weighted by Crippen LogP contribution is 2.21. The number of hydrogen-bond acceptors (Lipinski definition) is 3. The van der Waals surface area contributed by atoms with Crippen LogP contribution >= 0.6 is 22.6 Å². The Kier molecular flexibility index (Phi) is 4.05. The third-order valence-electron chi connectivity index (χ3n) is 3.08. The topological polar surface area (TPSA) is 41.3 Å². The van der Waals surface area contributed by atoms with Crippen LogP contribution in [0.15, 0.2) is 12.1 Å². The molecule has 0 saturated carbocycles. The molecule has 1 aliphatic heterocycles. The highest BCUT2D eigenvalue weighted by Gasteiger charge is 2.12. The first-order valence-electron chi connectivity index (χ1n) is 5.64. The van der Waals surface area contributed by atoms with Gasteiger partial charge in [-0.3, -0.25) is 4.90 Å². The molecule has 3 nitrogen and oxygen atoms in total. The summed E-state index contributed by atoms with van der Waals surface area (Å²) < 4.78 is 1.27. The first-order valence-corrected chi connectivity index (χ1v) is 6.72. The van der Waals surface area contributed by atoms with Crippen LogP contribution in [-0.4, -0.2) is 31.1 Å².